The van der Waals surface area contributed by atoms with Gasteiger partial charge in [-0.3, -0.25) is 9.48 Å². The second kappa shape index (κ2) is 7.04. The van der Waals surface area contributed by atoms with Crippen LogP contribution in [0.5, 0.6) is 0 Å². The van der Waals surface area contributed by atoms with Crippen molar-refractivity contribution in [3.8, 4) is 0 Å². The van der Waals surface area contributed by atoms with Gasteiger partial charge in [-0.15, -0.1) is 0 Å². The van der Waals surface area contributed by atoms with E-state index in [1.807, 2.05) is 6.92 Å². The van der Waals surface area contributed by atoms with Gasteiger partial charge in [0.1, 0.15) is 4.90 Å². The molecular formula is C13H23N3O4S. The molecule has 0 aromatic carbocycles. The van der Waals surface area contributed by atoms with Crippen molar-refractivity contribution in [1.29, 1.82) is 0 Å². The first-order valence-corrected chi connectivity index (χ1v) is 8.43. The molecule has 21 heavy (non-hydrogen) atoms. The Bertz CT molecular complexity index is 607. The predicted molar refractivity (Wildman–Crippen MR) is 78.4 cm³/mol. The van der Waals surface area contributed by atoms with Crippen LogP contribution in [-0.2, 0) is 26.1 Å². The minimum atomic E-state index is -3.70. The van der Waals surface area contributed by atoms with Crippen molar-refractivity contribution in [3.05, 3.63) is 11.4 Å². The molecule has 1 aromatic rings. The number of carbonyl (C=O) groups is 1. The molecule has 0 fully saturated rings. The number of sulfonamides is 1. The summed E-state index contributed by atoms with van der Waals surface area (Å²) >= 11 is 0. The van der Waals surface area contributed by atoms with Gasteiger partial charge in [-0.05, 0) is 27.7 Å². The Kier molecular flexibility index (Phi) is 5.91. The van der Waals surface area contributed by atoms with Gasteiger partial charge in [0.15, 0.2) is 0 Å². The highest BCUT2D eigenvalue weighted by Crippen LogP contribution is 2.19. The molecule has 8 heteroatoms. The molecule has 0 saturated heterocycles. The summed E-state index contributed by atoms with van der Waals surface area (Å²) in [4.78, 5) is 11.7. The molecule has 0 unspecified atom stereocenters. The summed E-state index contributed by atoms with van der Waals surface area (Å²) in [6.07, 6.45) is 0. The van der Waals surface area contributed by atoms with Gasteiger partial charge in [0, 0.05) is 13.1 Å². The number of aromatic nitrogens is 2. The van der Waals surface area contributed by atoms with Crippen LogP contribution in [0.15, 0.2) is 4.90 Å². The van der Waals surface area contributed by atoms with Crippen molar-refractivity contribution >= 4 is 16.0 Å². The normalized spacial score (nSPS) is 13.2. The number of carbonyl (C=O) groups excluding carboxylic acids is 1. The summed E-state index contributed by atoms with van der Waals surface area (Å²) in [6.45, 7) is 9.47. The molecule has 1 aromatic heterocycles. The Morgan fingerprint density at radius 3 is 2.48 bits per heavy atom. The molecule has 0 spiro atoms. The van der Waals surface area contributed by atoms with Crippen LogP contribution in [0.3, 0.4) is 0 Å². The van der Waals surface area contributed by atoms with Crippen molar-refractivity contribution in [3.63, 3.8) is 0 Å². The number of ether oxygens (including phenoxy) is 1. The number of nitrogens with one attached hydrogen (secondary N) is 1. The van der Waals surface area contributed by atoms with E-state index in [2.05, 4.69) is 9.82 Å². The quantitative estimate of drug-likeness (QED) is 0.758. The highest BCUT2D eigenvalue weighted by Gasteiger charge is 2.25. The number of hydrogen-bond acceptors (Lipinski definition) is 5. The van der Waals surface area contributed by atoms with E-state index in [0.717, 1.165) is 0 Å². The number of nitrogens with zero attached hydrogens (tertiary/aromatic N) is 2. The van der Waals surface area contributed by atoms with Crippen LogP contribution in [0, 0.1) is 19.8 Å². The van der Waals surface area contributed by atoms with Gasteiger partial charge in [0.05, 0.1) is 23.9 Å². The summed E-state index contributed by atoms with van der Waals surface area (Å²) in [5.74, 6) is -0.959. The molecule has 120 valence electrons. The summed E-state index contributed by atoms with van der Waals surface area (Å²) in [5.41, 5.74) is 1.04. The van der Waals surface area contributed by atoms with Gasteiger partial charge in [-0.25, -0.2) is 13.1 Å². The van der Waals surface area contributed by atoms with E-state index >= 15 is 0 Å². The summed E-state index contributed by atoms with van der Waals surface area (Å²) in [6, 6.07) is 0. The molecule has 0 amide bonds. The standard InChI is InChI=1S/C13H23N3O4S/c1-6-16-11(5)12(10(4)15-16)21(18,19)14-8-9(3)13(17)20-7-2/h9,14H,6-8H2,1-5H3/t9-/m0/s1. The van der Waals surface area contributed by atoms with E-state index in [-0.39, 0.29) is 18.0 Å². The molecule has 0 bridgehead atoms. The van der Waals surface area contributed by atoms with Crippen LogP contribution in [0.4, 0.5) is 0 Å². The number of hydrogen-bond donors (Lipinski definition) is 1. The maximum Gasteiger partial charge on any atom is 0.309 e. The highest BCUT2D eigenvalue weighted by molar-refractivity contribution is 7.89. The number of aryl methyl sites for hydroxylation is 2. The van der Waals surface area contributed by atoms with Crippen molar-refractivity contribution in [1.82, 2.24) is 14.5 Å². The fourth-order valence-corrected chi connectivity index (χ4v) is 3.59. The Hall–Kier alpha value is -1.41. The summed E-state index contributed by atoms with van der Waals surface area (Å²) in [7, 11) is -3.70. The topological polar surface area (TPSA) is 90.3 Å². The van der Waals surface area contributed by atoms with Crippen LogP contribution < -0.4 is 4.72 Å². The second-order valence-corrected chi connectivity index (χ2v) is 6.52. The fourth-order valence-electron chi connectivity index (χ4n) is 2.05. The van der Waals surface area contributed by atoms with E-state index in [1.165, 1.54) is 0 Å². The zero-order valence-corrected chi connectivity index (χ0v) is 14.0. The minimum absolute atomic E-state index is 0.00263. The Balaban J connectivity index is 2.88. The Morgan fingerprint density at radius 1 is 1.38 bits per heavy atom. The molecule has 1 rings (SSSR count). The van der Waals surface area contributed by atoms with Crippen molar-refractivity contribution in [2.45, 2.75) is 46.1 Å². The largest absolute Gasteiger partial charge is 0.466 e. The average Bonchev–Trinajstić information content (AvgIpc) is 2.71. The third-order valence-corrected chi connectivity index (χ3v) is 4.83. The summed E-state index contributed by atoms with van der Waals surface area (Å²) < 4.78 is 33.7. The number of esters is 1. The van der Waals surface area contributed by atoms with Crippen LogP contribution >= 0.6 is 0 Å². The monoisotopic (exact) mass is 317 g/mol. The van der Waals surface area contributed by atoms with E-state index in [1.54, 1.807) is 32.4 Å². The first-order chi connectivity index (χ1) is 9.74. The fraction of sp³-hybridized carbons (Fsp3) is 0.692. The molecule has 1 heterocycles. The van der Waals surface area contributed by atoms with Gasteiger partial charge >= 0.3 is 5.97 Å². The van der Waals surface area contributed by atoms with Gasteiger partial charge < -0.3 is 4.74 Å². The molecule has 0 aliphatic carbocycles. The van der Waals surface area contributed by atoms with Gasteiger partial charge in [0.2, 0.25) is 10.0 Å². The van der Waals surface area contributed by atoms with E-state index < -0.39 is 21.9 Å². The molecule has 0 saturated carbocycles. The Morgan fingerprint density at radius 2 is 2.00 bits per heavy atom. The lowest BCUT2D eigenvalue weighted by molar-refractivity contribution is -0.147. The molecule has 7 nitrogen and oxygen atoms in total. The molecule has 0 aliphatic rings. The third-order valence-electron chi connectivity index (χ3n) is 3.15. The lowest BCUT2D eigenvalue weighted by Gasteiger charge is -2.12. The van der Waals surface area contributed by atoms with Gasteiger partial charge in [0.25, 0.3) is 0 Å². The van der Waals surface area contributed by atoms with E-state index in [0.29, 0.717) is 17.9 Å². The molecule has 1 atom stereocenters. The molecular weight excluding hydrogens is 294 g/mol. The predicted octanol–water partition coefficient (Wildman–Crippen LogP) is 0.997. The minimum Gasteiger partial charge on any atom is -0.466 e. The van der Waals surface area contributed by atoms with E-state index in [9.17, 15) is 13.2 Å². The zero-order chi connectivity index (χ0) is 16.2. The smallest absolute Gasteiger partial charge is 0.309 e. The van der Waals surface area contributed by atoms with Crippen LogP contribution in [0.25, 0.3) is 0 Å². The van der Waals surface area contributed by atoms with Crippen molar-refractivity contribution < 1.29 is 17.9 Å². The van der Waals surface area contributed by atoms with Gasteiger partial charge in [-0.1, -0.05) is 6.92 Å². The Labute approximate surface area is 125 Å². The zero-order valence-electron chi connectivity index (χ0n) is 13.1. The lowest BCUT2D eigenvalue weighted by Crippen LogP contribution is -2.33. The van der Waals surface area contributed by atoms with Crippen molar-refractivity contribution in [2.75, 3.05) is 13.2 Å². The maximum absolute atomic E-state index is 12.4. The van der Waals surface area contributed by atoms with Crippen LogP contribution in [0.2, 0.25) is 0 Å². The van der Waals surface area contributed by atoms with Crippen LogP contribution in [-0.4, -0.2) is 37.3 Å². The summed E-state index contributed by atoms with van der Waals surface area (Å²) in [5, 5.41) is 4.19. The van der Waals surface area contributed by atoms with Crippen molar-refractivity contribution in [2.24, 2.45) is 5.92 Å². The number of rotatable bonds is 7. The van der Waals surface area contributed by atoms with E-state index in [4.69, 9.17) is 4.74 Å². The average molecular weight is 317 g/mol. The van der Waals surface area contributed by atoms with Gasteiger partial charge in [-0.2, -0.15) is 5.10 Å². The molecule has 1 N–H and O–H groups in total. The maximum atomic E-state index is 12.4. The second-order valence-electron chi connectivity index (χ2n) is 4.82. The first kappa shape index (κ1) is 17.6. The lowest BCUT2D eigenvalue weighted by atomic mass is 10.2. The molecule has 0 radical (unpaired) electrons. The molecule has 0 aliphatic heterocycles. The SMILES string of the molecule is CCOC(=O)[C@@H](C)CNS(=O)(=O)c1c(C)nn(CC)c1C. The van der Waals surface area contributed by atoms with Crippen LogP contribution in [0.1, 0.15) is 32.2 Å². The highest BCUT2D eigenvalue weighted by atomic mass is 32.2. The first-order valence-electron chi connectivity index (χ1n) is 6.94. The third kappa shape index (κ3) is 4.04.